The second-order valence-electron chi connectivity index (χ2n) is 4.68. The molecule has 0 unspecified atom stereocenters. The van der Waals surface area contributed by atoms with E-state index >= 15 is 0 Å². The molecule has 0 aliphatic carbocycles. The predicted octanol–water partition coefficient (Wildman–Crippen LogP) is 2.10. The van der Waals surface area contributed by atoms with Crippen molar-refractivity contribution in [3.63, 3.8) is 0 Å². The Morgan fingerprint density at radius 3 is 2.67 bits per heavy atom. The van der Waals surface area contributed by atoms with Crippen LogP contribution in [-0.4, -0.2) is 37.2 Å². The van der Waals surface area contributed by atoms with Gasteiger partial charge in [-0.2, -0.15) is 0 Å². The molecular formula is C14H20N2O2. The molecule has 1 N–H and O–H groups in total. The molecule has 0 bridgehead atoms. The van der Waals surface area contributed by atoms with Gasteiger partial charge >= 0.3 is 6.09 Å². The summed E-state index contributed by atoms with van der Waals surface area (Å²) in [6.07, 6.45) is 0.734. The molecule has 1 aromatic rings. The van der Waals surface area contributed by atoms with Crippen molar-refractivity contribution in [2.24, 2.45) is 0 Å². The first-order valence-electron chi connectivity index (χ1n) is 6.42. The van der Waals surface area contributed by atoms with Crippen LogP contribution >= 0.6 is 0 Å². The fourth-order valence-corrected chi connectivity index (χ4v) is 2.14. The summed E-state index contributed by atoms with van der Waals surface area (Å²) in [5.74, 6) is 0.694. The van der Waals surface area contributed by atoms with Crippen molar-refractivity contribution >= 4 is 6.09 Å². The normalized spacial score (nSPS) is 16.2. The number of hydrogen-bond acceptors (Lipinski definition) is 3. The molecule has 1 aliphatic rings. The van der Waals surface area contributed by atoms with Crippen LogP contribution in [0.2, 0.25) is 0 Å². The molecule has 98 valence electrons. The van der Waals surface area contributed by atoms with E-state index in [4.69, 9.17) is 4.74 Å². The predicted molar refractivity (Wildman–Crippen MR) is 71.0 cm³/mol. The zero-order chi connectivity index (χ0) is 13.0. The number of ether oxygens (including phenoxy) is 1. The maximum absolute atomic E-state index is 12.1. The number of hydrogen-bond donors (Lipinski definition) is 1. The topological polar surface area (TPSA) is 41.6 Å². The third-order valence-electron chi connectivity index (χ3n) is 3.20. The van der Waals surface area contributed by atoms with Crippen molar-refractivity contribution in [3.8, 4) is 5.75 Å². The van der Waals surface area contributed by atoms with Crippen molar-refractivity contribution in [2.75, 3.05) is 26.2 Å². The summed E-state index contributed by atoms with van der Waals surface area (Å²) >= 11 is 0. The molecule has 1 saturated heterocycles. The number of carbonyl (C=O) groups is 1. The monoisotopic (exact) mass is 248 g/mol. The zero-order valence-corrected chi connectivity index (χ0v) is 11.0. The Labute approximate surface area is 108 Å². The average molecular weight is 248 g/mol. The molecule has 1 fully saturated rings. The molecule has 1 aromatic carbocycles. The molecule has 0 radical (unpaired) electrons. The van der Waals surface area contributed by atoms with Gasteiger partial charge in [0.1, 0.15) is 5.75 Å². The fraction of sp³-hybridized carbons (Fsp3) is 0.500. The quantitative estimate of drug-likeness (QED) is 0.827. The van der Waals surface area contributed by atoms with Crippen molar-refractivity contribution in [3.05, 3.63) is 29.3 Å². The minimum atomic E-state index is -0.240. The van der Waals surface area contributed by atoms with Crippen molar-refractivity contribution in [1.29, 1.82) is 0 Å². The van der Waals surface area contributed by atoms with E-state index in [2.05, 4.69) is 5.32 Å². The van der Waals surface area contributed by atoms with Gasteiger partial charge in [0.15, 0.2) is 0 Å². The summed E-state index contributed by atoms with van der Waals surface area (Å²) in [6, 6.07) is 5.89. The minimum absolute atomic E-state index is 0.240. The standard InChI is InChI=1S/C14H20N2O2/c1-11-5-3-6-12(2)13(11)18-14(17)16-9-4-7-15-8-10-16/h3,5-6,15H,4,7-10H2,1-2H3. The Morgan fingerprint density at radius 2 is 1.94 bits per heavy atom. The Balaban J connectivity index is 2.06. The van der Waals surface area contributed by atoms with Gasteiger partial charge in [-0.1, -0.05) is 18.2 Å². The molecule has 0 spiro atoms. The highest BCUT2D eigenvalue weighted by atomic mass is 16.6. The summed E-state index contributed by atoms with van der Waals surface area (Å²) in [5.41, 5.74) is 1.99. The number of rotatable bonds is 1. The highest BCUT2D eigenvalue weighted by Gasteiger charge is 2.18. The molecule has 0 aromatic heterocycles. The molecular weight excluding hydrogens is 228 g/mol. The van der Waals surface area contributed by atoms with E-state index in [-0.39, 0.29) is 6.09 Å². The number of benzene rings is 1. The zero-order valence-electron chi connectivity index (χ0n) is 11.0. The third-order valence-corrected chi connectivity index (χ3v) is 3.20. The van der Waals surface area contributed by atoms with E-state index in [0.717, 1.165) is 37.2 Å². The van der Waals surface area contributed by atoms with E-state index in [1.54, 1.807) is 4.90 Å². The van der Waals surface area contributed by atoms with Gasteiger partial charge in [0.2, 0.25) is 0 Å². The average Bonchev–Trinajstić information content (AvgIpc) is 2.62. The maximum atomic E-state index is 12.1. The van der Waals surface area contributed by atoms with Crippen LogP contribution in [0.4, 0.5) is 4.79 Å². The van der Waals surface area contributed by atoms with E-state index in [1.165, 1.54) is 0 Å². The van der Waals surface area contributed by atoms with Gasteiger partial charge in [0, 0.05) is 19.6 Å². The van der Waals surface area contributed by atoms with Crippen molar-refractivity contribution in [1.82, 2.24) is 10.2 Å². The molecule has 1 amide bonds. The van der Waals surface area contributed by atoms with Crippen LogP contribution in [0.3, 0.4) is 0 Å². The molecule has 4 nitrogen and oxygen atoms in total. The Morgan fingerprint density at radius 1 is 1.22 bits per heavy atom. The number of carbonyl (C=O) groups excluding carboxylic acids is 1. The van der Waals surface area contributed by atoms with Gasteiger partial charge in [-0.15, -0.1) is 0 Å². The lowest BCUT2D eigenvalue weighted by Crippen LogP contribution is -2.36. The van der Waals surface area contributed by atoms with Crippen LogP contribution in [0.1, 0.15) is 17.5 Å². The highest BCUT2D eigenvalue weighted by molar-refractivity contribution is 5.71. The van der Waals surface area contributed by atoms with Gasteiger partial charge < -0.3 is 15.0 Å². The van der Waals surface area contributed by atoms with Gasteiger partial charge in [0.05, 0.1) is 0 Å². The van der Waals surface area contributed by atoms with Crippen molar-refractivity contribution in [2.45, 2.75) is 20.3 Å². The summed E-state index contributed by atoms with van der Waals surface area (Å²) in [6.45, 7) is 7.19. The number of nitrogens with one attached hydrogen (secondary N) is 1. The van der Waals surface area contributed by atoms with E-state index in [0.29, 0.717) is 12.3 Å². The number of nitrogens with zero attached hydrogens (tertiary/aromatic N) is 1. The number of para-hydroxylation sites is 1. The van der Waals surface area contributed by atoms with Gasteiger partial charge in [-0.25, -0.2) is 4.79 Å². The Hall–Kier alpha value is -1.55. The molecule has 2 rings (SSSR count). The lowest BCUT2D eigenvalue weighted by molar-refractivity contribution is 0.155. The van der Waals surface area contributed by atoms with Crippen LogP contribution < -0.4 is 10.1 Å². The van der Waals surface area contributed by atoms with Gasteiger partial charge in [-0.05, 0) is 37.9 Å². The first kappa shape index (κ1) is 12.9. The van der Waals surface area contributed by atoms with Gasteiger partial charge in [-0.3, -0.25) is 0 Å². The molecule has 0 saturated carbocycles. The largest absolute Gasteiger partial charge is 0.415 e. The summed E-state index contributed by atoms with van der Waals surface area (Å²) in [7, 11) is 0. The minimum Gasteiger partial charge on any atom is -0.410 e. The SMILES string of the molecule is Cc1cccc(C)c1OC(=O)N1CCCNCC1. The van der Waals surface area contributed by atoms with E-state index < -0.39 is 0 Å². The fourth-order valence-electron chi connectivity index (χ4n) is 2.14. The second kappa shape index (κ2) is 5.87. The van der Waals surface area contributed by atoms with Crippen LogP contribution in [0.25, 0.3) is 0 Å². The first-order valence-corrected chi connectivity index (χ1v) is 6.42. The molecule has 18 heavy (non-hydrogen) atoms. The molecule has 4 heteroatoms. The summed E-state index contributed by atoms with van der Waals surface area (Å²) in [4.78, 5) is 13.9. The number of aryl methyl sites for hydroxylation is 2. The maximum Gasteiger partial charge on any atom is 0.415 e. The second-order valence-corrected chi connectivity index (χ2v) is 4.68. The van der Waals surface area contributed by atoms with Gasteiger partial charge in [0.25, 0.3) is 0 Å². The molecule has 0 atom stereocenters. The van der Waals surface area contributed by atoms with Crippen LogP contribution in [0, 0.1) is 13.8 Å². The molecule has 1 heterocycles. The van der Waals surface area contributed by atoms with E-state index in [9.17, 15) is 4.79 Å². The highest BCUT2D eigenvalue weighted by Crippen LogP contribution is 2.23. The molecule has 1 aliphatic heterocycles. The van der Waals surface area contributed by atoms with Crippen LogP contribution in [0.15, 0.2) is 18.2 Å². The van der Waals surface area contributed by atoms with E-state index in [1.807, 2.05) is 32.0 Å². The number of amides is 1. The summed E-state index contributed by atoms with van der Waals surface area (Å²) < 4.78 is 5.53. The Bertz CT molecular complexity index is 404. The first-order chi connectivity index (χ1) is 8.68. The lowest BCUT2D eigenvalue weighted by Gasteiger charge is -2.20. The Kier molecular flexibility index (Phi) is 4.20. The third kappa shape index (κ3) is 3.01. The van der Waals surface area contributed by atoms with Crippen LogP contribution in [0.5, 0.6) is 5.75 Å². The summed E-state index contributed by atoms with van der Waals surface area (Å²) in [5, 5.41) is 3.27. The van der Waals surface area contributed by atoms with Crippen molar-refractivity contribution < 1.29 is 9.53 Å². The smallest absolute Gasteiger partial charge is 0.410 e. The lowest BCUT2D eigenvalue weighted by atomic mass is 10.1. The van der Waals surface area contributed by atoms with Crippen LogP contribution in [-0.2, 0) is 0 Å².